The second kappa shape index (κ2) is 18.2. The Morgan fingerprint density at radius 2 is 0.750 bits per heavy atom. The topological polar surface area (TPSA) is 0 Å². The molecular weight excluding hydrogens is 118 g/mol. The van der Waals surface area contributed by atoms with E-state index < -0.39 is 0 Å². The van der Waals surface area contributed by atoms with E-state index in [1.54, 1.807) is 0 Å². The quantitative estimate of drug-likeness (QED) is 0.362. The average Bonchev–Trinajstić information content (AvgIpc) is 1.00. The number of hydrogen-bond acceptors (Lipinski definition) is 0. The zero-order valence-corrected chi connectivity index (χ0v) is 0.756. The molecule has 0 aliphatic heterocycles. The molecule has 0 fully saturated rings. The van der Waals surface area contributed by atoms with E-state index in [2.05, 4.69) is 0 Å². The van der Waals surface area contributed by atoms with Gasteiger partial charge in [0, 0.05) is 9.15 Å². The zero-order chi connectivity index (χ0) is 2.00. The molecular formula is H4Ca2F2. The third-order valence-electron chi connectivity index (χ3n) is 0. The maximum absolute atomic E-state index is 8.00. The molecule has 0 atom stereocenters. The van der Waals surface area contributed by atoms with Crippen molar-refractivity contribution in [1.29, 1.82) is 0 Å². The van der Waals surface area contributed by atoms with Crippen molar-refractivity contribution in [1.82, 2.24) is 0 Å². The molecule has 0 spiro atoms. The summed E-state index contributed by atoms with van der Waals surface area (Å²) in [6, 6.07) is 0. The summed E-state index contributed by atoms with van der Waals surface area (Å²) < 4.78 is 16.0. The van der Waals surface area contributed by atoms with Gasteiger partial charge in [0.1, 0.15) is 0 Å². The molecule has 22 valence electrons. The summed E-state index contributed by atoms with van der Waals surface area (Å²) in [5.41, 5.74) is 0. The average molecular weight is 122 g/mol. The van der Waals surface area contributed by atoms with Crippen molar-refractivity contribution in [2.75, 3.05) is 0 Å². The van der Waals surface area contributed by atoms with Crippen molar-refractivity contribution in [2.24, 2.45) is 0 Å². The Hall–Kier alpha value is 2.38. The maximum atomic E-state index is 8.00. The normalized spacial score (nSPS) is 1.50. The number of hydrogen-bond donors (Lipinski definition) is 0. The molecule has 0 heterocycles. The Bertz CT molecular complexity index is 4.00. The van der Waals surface area contributed by atoms with Gasteiger partial charge in [-0.3, -0.25) is 0 Å². The molecule has 0 unspecified atom stereocenters. The number of rotatable bonds is 0. The molecule has 0 aromatic heterocycles. The Balaban J connectivity index is -0.00000000500. The second-order valence-corrected chi connectivity index (χ2v) is 0. The molecule has 0 aliphatic carbocycles. The van der Waals surface area contributed by atoms with Gasteiger partial charge in [-0.15, -0.1) is 0 Å². The van der Waals surface area contributed by atoms with Gasteiger partial charge >= 0.3 is 75.5 Å². The van der Waals surface area contributed by atoms with Gasteiger partial charge in [-0.2, -0.15) is 0 Å². The SMILES string of the molecule is FF.[CaH2].[CaH2]. The van der Waals surface area contributed by atoms with E-state index in [9.17, 15) is 0 Å². The molecule has 0 aliphatic rings. The summed E-state index contributed by atoms with van der Waals surface area (Å²) in [4.78, 5) is 0. The van der Waals surface area contributed by atoms with E-state index in [-0.39, 0.29) is 75.5 Å². The van der Waals surface area contributed by atoms with E-state index in [4.69, 9.17) is 9.15 Å². The van der Waals surface area contributed by atoms with Crippen LogP contribution in [0.5, 0.6) is 0 Å². The molecule has 0 saturated heterocycles. The van der Waals surface area contributed by atoms with Crippen LogP contribution in [0.4, 0.5) is 9.15 Å². The van der Waals surface area contributed by atoms with Gasteiger partial charge < -0.3 is 0 Å². The van der Waals surface area contributed by atoms with Gasteiger partial charge in [0.05, 0.1) is 0 Å². The van der Waals surface area contributed by atoms with Crippen LogP contribution in [-0.4, -0.2) is 75.5 Å². The summed E-state index contributed by atoms with van der Waals surface area (Å²) in [6.07, 6.45) is 0. The molecule has 0 rings (SSSR count). The zero-order valence-electron chi connectivity index (χ0n) is 0.756. The van der Waals surface area contributed by atoms with Crippen molar-refractivity contribution < 1.29 is 9.15 Å². The summed E-state index contributed by atoms with van der Waals surface area (Å²) >= 11 is 0. The Morgan fingerprint density at radius 3 is 0.750 bits per heavy atom. The van der Waals surface area contributed by atoms with Crippen LogP contribution in [0, 0.1) is 0 Å². The third kappa shape index (κ3) is 8.83. The monoisotopic (exact) mass is 122 g/mol. The van der Waals surface area contributed by atoms with Gasteiger partial charge in [-0.25, -0.2) is 0 Å². The molecule has 0 aromatic carbocycles. The molecule has 0 saturated carbocycles. The summed E-state index contributed by atoms with van der Waals surface area (Å²) in [6.45, 7) is 0. The summed E-state index contributed by atoms with van der Waals surface area (Å²) in [7, 11) is 0. The van der Waals surface area contributed by atoms with Crippen LogP contribution in [0.15, 0.2) is 0 Å². The first-order valence-electron chi connectivity index (χ1n) is 0.143. The van der Waals surface area contributed by atoms with Crippen LogP contribution in [0.25, 0.3) is 0 Å². The van der Waals surface area contributed by atoms with Gasteiger partial charge in [-0.05, 0) is 0 Å². The molecule has 0 bridgehead atoms. The fourth-order valence-electron chi connectivity index (χ4n) is 0. The Kier molecular flexibility index (Phi) is 73.6. The van der Waals surface area contributed by atoms with E-state index in [1.807, 2.05) is 0 Å². The van der Waals surface area contributed by atoms with Gasteiger partial charge in [0.25, 0.3) is 0 Å². The first-order valence-corrected chi connectivity index (χ1v) is 0.143. The molecule has 0 radical (unpaired) electrons. The van der Waals surface area contributed by atoms with E-state index >= 15 is 0 Å². The molecule has 0 aromatic rings. The van der Waals surface area contributed by atoms with Crippen LogP contribution >= 0.6 is 0 Å². The van der Waals surface area contributed by atoms with Crippen LogP contribution in [0.1, 0.15) is 0 Å². The van der Waals surface area contributed by atoms with Crippen LogP contribution in [-0.2, 0) is 0 Å². The summed E-state index contributed by atoms with van der Waals surface area (Å²) in [5.74, 6) is 0. The predicted molar refractivity (Wildman–Crippen MR) is 19.3 cm³/mol. The molecule has 0 nitrogen and oxygen atoms in total. The minimum absolute atomic E-state index is 0. The van der Waals surface area contributed by atoms with Gasteiger partial charge in [0.2, 0.25) is 0 Å². The van der Waals surface area contributed by atoms with Crippen molar-refractivity contribution in [2.45, 2.75) is 0 Å². The molecule has 4 heavy (non-hydrogen) atoms. The second-order valence-electron chi connectivity index (χ2n) is 0. The van der Waals surface area contributed by atoms with Crippen molar-refractivity contribution in [3.05, 3.63) is 0 Å². The Morgan fingerprint density at radius 1 is 0.750 bits per heavy atom. The first kappa shape index (κ1) is 16.2. The van der Waals surface area contributed by atoms with E-state index in [0.717, 1.165) is 0 Å². The predicted octanol–water partition coefficient (Wildman–Crippen LogP) is -0.992. The summed E-state index contributed by atoms with van der Waals surface area (Å²) in [5, 5.41) is 0. The molecule has 4 heteroatoms. The van der Waals surface area contributed by atoms with Crippen molar-refractivity contribution >= 4 is 75.5 Å². The van der Waals surface area contributed by atoms with E-state index in [0.29, 0.717) is 0 Å². The molecule has 0 amide bonds. The van der Waals surface area contributed by atoms with Gasteiger partial charge in [0.15, 0.2) is 0 Å². The first-order chi connectivity index (χ1) is 1.00. The third-order valence-corrected chi connectivity index (χ3v) is 0. The van der Waals surface area contributed by atoms with Crippen molar-refractivity contribution in [3.63, 3.8) is 0 Å². The van der Waals surface area contributed by atoms with Gasteiger partial charge in [-0.1, -0.05) is 0 Å². The minimum atomic E-state index is 0. The number of halogens is 2. The fourth-order valence-corrected chi connectivity index (χ4v) is 0. The fraction of sp³-hybridized carbons (Fsp3) is 0. The van der Waals surface area contributed by atoms with Crippen LogP contribution in [0.3, 0.4) is 0 Å². The standard InChI is InChI=1S/2Ca.F2.4H/c;;1-2;;;;. The Labute approximate surface area is 82.8 Å². The van der Waals surface area contributed by atoms with E-state index in [1.165, 1.54) is 0 Å². The van der Waals surface area contributed by atoms with Crippen LogP contribution in [0.2, 0.25) is 0 Å². The van der Waals surface area contributed by atoms with Crippen LogP contribution < -0.4 is 0 Å². The van der Waals surface area contributed by atoms with Crippen molar-refractivity contribution in [3.8, 4) is 0 Å². The molecule has 0 N–H and O–H groups in total.